The minimum atomic E-state index is -0.731. The van der Waals surface area contributed by atoms with Crippen molar-refractivity contribution in [2.45, 2.75) is 26.2 Å². The van der Waals surface area contributed by atoms with E-state index in [1.165, 1.54) is 5.56 Å². The lowest BCUT2D eigenvalue weighted by Crippen LogP contribution is -2.44. The van der Waals surface area contributed by atoms with Gasteiger partial charge in [0.15, 0.2) is 0 Å². The number of hydrogen-bond acceptors (Lipinski definition) is 5. The molecule has 6 nitrogen and oxygen atoms in total. The highest BCUT2D eigenvalue weighted by atomic mass is 16.5. The number of fused-ring (bicyclic) bond motifs is 5. The highest BCUT2D eigenvalue weighted by Crippen LogP contribution is 2.47. The van der Waals surface area contributed by atoms with Crippen LogP contribution in [0, 0.1) is 0 Å². The topological polar surface area (TPSA) is 36.8 Å². The van der Waals surface area contributed by atoms with Crippen LogP contribution in [-0.2, 0) is 5.41 Å². The number of nitrogens with zero attached hydrogens (tertiary/aromatic N) is 5. The summed E-state index contributed by atoms with van der Waals surface area (Å²) < 4.78 is 95.6. The molecule has 294 valence electrons. The number of aromatic nitrogens is 2. The Balaban J connectivity index is 1.02. The lowest BCUT2D eigenvalue weighted by atomic mass is 9.51. The molecule has 7 heteroatoms. The molecule has 0 spiro atoms. The van der Waals surface area contributed by atoms with Gasteiger partial charge in [-0.2, -0.15) is 0 Å². The van der Waals surface area contributed by atoms with Crippen LogP contribution in [0.5, 0.6) is 11.5 Å². The lowest BCUT2D eigenvalue weighted by molar-refractivity contribution is 0.483. The number of hydrogen-bond donors (Lipinski definition) is 0. The van der Waals surface area contributed by atoms with E-state index < -0.39 is 43.1 Å². The van der Waals surface area contributed by atoms with Crippen molar-refractivity contribution in [1.29, 1.82) is 0 Å². The van der Waals surface area contributed by atoms with E-state index in [0.717, 1.165) is 44.7 Å². The first-order valence-electron chi connectivity index (χ1n) is 25.2. The summed E-state index contributed by atoms with van der Waals surface area (Å²) >= 11 is 0. The van der Waals surface area contributed by atoms with Gasteiger partial charge in [0.1, 0.15) is 17.3 Å². The van der Waals surface area contributed by atoms with Gasteiger partial charge in [-0.1, -0.05) is 124 Å². The smallest absolute Gasteiger partial charge is 0.338 e. The fourth-order valence-electron chi connectivity index (χ4n) is 8.56. The minimum absolute atomic E-state index is 0.00855. The highest BCUT2D eigenvalue weighted by molar-refractivity contribution is 6.73. The average Bonchev–Trinajstić information content (AvgIpc) is 3.92. The van der Waals surface area contributed by atoms with Gasteiger partial charge in [-0.3, -0.25) is 4.57 Å². The van der Waals surface area contributed by atoms with Crippen molar-refractivity contribution in [3.8, 4) is 17.3 Å². The Kier molecular flexibility index (Phi) is 6.55. The second-order valence-electron chi connectivity index (χ2n) is 16.2. The SMILES string of the molecule is [2H]c1c([2H])c([2H])c(C2=CB3C(N4CN(c5cccc(Oc6ccc7c8ccccc8n(-c8cc(C(C)(C)C)ccn8)c7c6)c5)c5ccccc54)=C(c4c([2H])c([2H])c([2H])c([2H])c4[2H])C=CN3C=C2)c([2H])c1[2H]. The van der Waals surface area contributed by atoms with Crippen LogP contribution in [0.3, 0.4) is 0 Å². The van der Waals surface area contributed by atoms with Crippen molar-refractivity contribution >= 4 is 56.9 Å². The molecule has 3 aliphatic heterocycles. The summed E-state index contributed by atoms with van der Waals surface area (Å²) in [5, 5.41) is 2.17. The molecule has 0 N–H and O–H groups in total. The number of ether oxygens (including phenoxy) is 1. The Morgan fingerprint density at radius 3 is 2.16 bits per heavy atom. The molecule has 0 fully saturated rings. The fraction of sp³-hybridized carbons (Fsp3) is 0.0926. The van der Waals surface area contributed by atoms with Gasteiger partial charge in [-0.05, 0) is 112 Å². The molecule has 0 radical (unpaired) electrons. The molecule has 0 amide bonds. The summed E-state index contributed by atoms with van der Waals surface area (Å²) in [5.41, 5.74) is 6.79. The predicted octanol–water partition coefficient (Wildman–Crippen LogP) is 13.1. The maximum atomic E-state index is 9.12. The van der Waals surface area contributed by atoms with Crippen LogP contribution in [0.1, 0.15) is 51.2 Å². The first-order chi connectivity index (χ1) is 34.0. The Morgan fingerprint density at radius 1 is 0.656 bits per heavy atom. The number of rotatable bonds is 7. The Hall–Kier alpha value is -7.51. The van der Waals surface area contributed by atoms with E-state index in [2.05, 4.69) is 60.6 Å². The van der Waals surface area contributed by atoms with Gasteiger partial charge in [0.25, 0.3) is 0 Å². The van der Waals surface area contributed by atoms with Gasteiger partial charge in [0.05, 0.1) is 42.8 Å². The van der Waals surface area contributed by atoms with Crippen molar-refractivity contribution in [2.75, 3.05) is 16.5 Å². The summed E-state index contributed by atoms with van der Waals surface area (Å²) in [6.07, 6.45) is 8.80. The number of anilines is 3. The van der Waals surface area contributed by atoms with Gasteiger partial charge in [-0.15, -0.1) is 0 Å². The van der Waals surface area contributed by atoms with Crippen LogP contribution in [-0.4, -0.2) is 27.9 Å². The van der Waals surface area contributed by atoms with E-state index in [0.29, 0.717) is 28.2 Å². The monoisotopic (exact) mass is 799 g/mol. The van der Waals surface area contributed by atoms with Crippen LogP contribution >= 0.6 is 0 Å². The number of benzene rings is 6. The van der Waals surface area contributed by atoms with Gasteiger partial charge in [0, 0.05) is 40.4 Å². The van der Waals surface area contributed by atoms with Crippen molar-refractivity contribution in [1.82, 2.24) is 14.4 Å². The summed E-state index contributed by atoms with van der Waals surface area (Å²) in [5.74, 6) is 3.83. The van der Waals surface area contributed by atoms with E-state index in [1.54, 1.807) is 30.5 Å². The maximum absolute atomic E-state index is 9.12. The normalized spacial score (nSPS) is 17.1. The molecule has 6 aromatic carbocycles. The second-order valence-corrected chi connectivity index (χ2v) is 16.2. The van der Waals surface area contributed by atoms with E-state index in [4.69, 9.17) is 23.4 Å². The summed E-state index contributed by atoms with van der Waals surface area (Å²) in [4.78, 5) is 10.9. The largest absolute Gasteiger partial charge is 0.457 e. The number of para-hydroxylation sites is 3. The van der Waals surface area contributed by atoms with Crippen LogP contribution < -0.4 is 14.5 Å². The maximum Gasteiger partial charge on any atom is 0.338 e. The molecule has 0 saturated heterocycles. The van der Waals surface area contributed by atoms with Gasteiger partial charge in [-0.25, -0.2) is 4.98 Å². The number of pyridine rings is 1. The molecule has 11 rings (SSSR count). The van der Waals surface area contributed by atoms with Crippen LogP contribution in [0.15, 0.2) is 206 Å². The van der Waals surface area contributed by atoms with Crippen molar-refractivity contribution in [3.05, 3.63) is 223 Å². The molecule has 8 aromatic rings. The third-order valence-electron chi connectivity index (χ3n) is 11.5. The van der Waals surface area contributed by atoms with E-state index in [9.17, 15) is 0 Å². The molecular weight excluding hydrogens is 745 g/mol. The second kappa shape index (κ2) is 14.6. The van der Waals surface area contributed by atoms with Crippen LogP contribution in [0.2, 0.25) is 0 Å². The fourth-order valence-corrected chi connectivity index (χ4v) is 8.56. The Bertz CT molecular complexity index is 3650. The van der Waals surface area contributed by atoms with Crippen molar-refractivity contribution in [2.24, 2.45) is 0 Å². The molecule has 0 unspecified atom stereocenters. The molecule has 2 aromatic heterocycles. The standard InChI is InChI=1S/C54H44BN5O/c1-54(2,3)41-27-30-56-52(33-41)60-48-22-11-10-21-46(48)47-26-25-44(35-51(47)60)61-43-20-14-19-42(34-43)58-37-59(50-24-13-12-23-49(50)58)53-45(39-17-8-5-9-18-39)29-32-57-31-28-40(36-55(53)57)38-15-6-4-7-16-38/h4-36H,37H2,1-3H3/i4D,5D,6D,7D,8D,9D,15D,16D,17D,18D. The first-order valence-corrected chi connectivity index (χ1v) is 20.2. The van der Waals surface area contributed by atoms with Gasteiger partial charge in [0.2, 0.25) is 0 Å². The third-order valence-corrected chi connectivity index (χ3v) is 11.5. The van der Waals surface area contributed by atoms with E-state index >= 15 is 0 Å². The summed E-state index contributed by atoms with van der Waals surface area (Å²) in [7, 11) is 0. The van der Waals surface area contributed by atoms with E-state index in [-0.39, 0.29) is 47.4 Å². The zero-order chi connectivity index (χ0) is 49.8. The highest BCUT2D eigenvalue weighted by Gasteiger charge is 2.39. The molecule has 3 aliphatic rings. The molecular formula is C54H44BN5O. The van der Waals surface area contributed by atoms with Crippen LogP contribution in [0.4, 0.5) is 17.1 Å². The first kappa shape index (κ1) is 27.3. The predicted molar refractivity (Wildman–Crippen MR) is 253 cm³/mol. The quantitative estimate of drug-likeness (QED) is 0.150. The van der Waals surface area contributed by atoms with E-state index in [1.807, 2.05) is 88.7 Å². The summed E-state index contributed by atoms with van der Waals surface area (Å²) in [6, 6.07) is 29.8. The molecule has 0 atom stereocenters. The average molecular weight is 800 g/mol. The van der Waals surface area contributed by atoms with Crippen molar-refractivity contribution in [3.63, 3.8) is 0 Å². The molecule has 0 bridgehead atoms. The molecule has 5 heterocycles. The minimum Gasteiger partial charge on any atom is -0.457 e. The number of allylic oxidation sites excluding steroid dienone is 4. The molecule has 0 saturated carbocycles. The Morgan fingerprint density at radius 2 is 1.36 bits per heavy atom. The molecule has 0 aliphatic carbocycles. The zero-order valence-electron chi connectivity index (χ0n) is 43.7. The van der Waals surface area contributed by atoms with Crippen LogP contribution in [0.25, 0.3) is 38.8 Å². The molecule has 61 heavy (non-hydrogen) atoms. The lowest BCUT2D eigenvalue weighted by Gasteiger charge is -2.37. The van der Waals surface area contributed by atoms with Crippen molar-refractivity contribution < 1.29 is 18.4 Å². The van der Waals surface area contributed by atoms with Gasteiger partial charge >= 0.3 is 6.85 Å². The zero-order valence-corrected chi connectivity index (χ0v) is 33.7. The summed E-state index contributed by atoms with van der Waals surface area (Å²) in [6.45, 7) is 6.05. The third kappa shape index (κ3) is 6.50. The Labute approximate surface area is 371 Å². The van der Waals surface area contributed by atoms with Gasteiger partial charge < -0.3 is 19.3 Å².